The Morgan fingerprint density at radius 2 is 1.93 bits per heavy atom. The summed E-state index contributed by atoms with van der Waals surface area (Å²) in [6.45, 7) is 5.57. The molecule has 0 bridgehead atoms. The van der Waals surface area contributed by atoms with Crippen LogP contribution in [0.2, 0.25) is 5.15 Å². The van der Waals surface area contributed by atoms with Crippen LogP contribution in [-0.2, 0) is 0 Å². The van der Waals surface area contributed by atoms with E-state index in [-0.39, 0.29) is 5.91 Å². The van der Waals surface area contributed by atoms with Crippen molar-refractivity contribution in [1.82, 2.24) is 14.8 Å². The van der Waals surface area contributed by atoms with Gasteiger partial charge in [0.2, 0.25) is 0 Å². The second kappa shape index (κ2) is 9.45. The number of carbonyl (C=O) groups excluding carboxylic acids is 1. The highest BCUT2D eigenvalue weighted by Crippen LogP contribution is 2.26. The molecule has 0 spiro atoms. The first-order valence-electron chi connectivity index (χ1n) is 10.4. The van der Waals surface area contributed by atoms with E-state index in [2.05, 4.69) is 16.0 Å². The van der Waals surface area contributed by atoms with Crippen molar-refractivity contribution in [3.05, 3.63) is 76.9 Å². The zero-order valence-corrected chi connectivity index (χ0v) is 17.9. The van der Waals surface area contributed by atoms with E-state index >= 15 is 0 Å². The smallest absolute Gasteiger partial charge is 0.261 e. The van der Waals surface area contributed by atoms with Crippen LogP contribution in [0.5, 0.6) is 5.75 Å². The minimum absolute atomic E-state index is 0.0106. The van der Waals surface area contributed by atoms with Gasteiger partial charge in [0.25, 0.3) is 5.91 Å². The summed E-state index contributed by atoms with van der Waals surface area (Å²) < 4.78 is 5.66. The molecule has 0 N–H and O–H groups in total. The molecular formula is C24H26ClN3O2. The molecule has 1 aromatic heterocycles. The number of amides is 1. The minimum atomic E-state index is 0.0106. The highest BCUT2D eigenvalue weighted by Gasteiger charge is 2.23. The molecule has 0 saturated carbocycles. The highest BCUT2D eigenvalue weighted by atomic mass is 35.5. The first-order valence-corrected chi connectivity index (χ1v) is 10.8. The molecule has 1 aromatic carbocycles. The maximum absolute atomic E-state index is 12.9. The number of carbonyl (C=O) groups is 1. The van der Waals surface area contributed by atoms with Crippen molar-refractivity contribution in [3.8, 4) is 5.75 Å². The van der Waals surface area contributed by atoms with E-state index in [1.165, 1.54) is 5.57 Å². The lowest BCUT2D eigenvalue weighted by Crippen LogP contribution is -2.32. The number of benzene rings is 1. The molecule has 6 heteroatoms. The fraction of sp³-hybridized carbons (Fsp3) is 0.333. The SMILES string of the molecule is CC1=COc2ccccc2C(=O)N1CCCCN1CC=C(c2cccc(Cl)n2)CC1. The van der Waals surface area contributed by atoms with Crippen molar-refractivity contribution in [1.29, 1.82) is 0 Å². The van der Waals surface area contributed by atoms with Crippen LogP contribution < -0.4 is 4.74 Å². The van der Waals surface area contributed by atoms with Crippen LogP contribution in [0.15, 0.2) is 60.5 Å². The molecule has 156 valence electrons. The topological polar surface area (TPSA) is 45.7 Å². The van der Waals surface area contributed by atoms with Crippen molar-refractivity contribution >= 4 is 23.1 Å². The Morgan fingerprint density at radius 1 is 1.10 bits per heavy atom. The summed E-state index contributed by atoms with van der Waals surface area (Å²) in [6, 6.07) is 13.2. The third-order valence-corrected chi connectivity index (χ3v) is 5.80. The molecule has 0 atom stereocenters. The molecule has 4 rings (SSSR count). The predicted octanol–water partition coefficient (Wildman–Crippen LogP) is 5.00. The van der Waals surface area contributed by atoms with Gasteiger partial charge in [-0.2, -0.15) is 0 Å². The lowest BCUT2D eigenvalue weighted by Gasteiger charge is -2.27. The van der Waals surface area contributed by atoms with E-state index < -0.39 is 0 Å². The molecular weight excluding hydrogens is 398 g/mol. The van der Waals surface area contributed by atoms with Crippen LogP contribution in [0.25, 0.3) is 5.57 Å². The van der Waals surface area contributed by atoms with Crippen molar-refractivity contribution < 1.29 is 9.53 Å². The largest absolute Gasteiger partial charge is 0.462 e. The van der Waals surface area contributed by atoms with Gasteiger partial charge in [-0.1, -0.05) is 35.9 Å². The maximum atomic E-state index is 12.9. The van der Waals surface area contributed by atoms with Gasteiger partial charge in [-0.25, -0.2) is 4.98 Å². The average Bonchev–Trinajstić information content (AvgIpc) is 2.89. The van der Waals surface area contributed by atoms with Gasteiger partial charge in [-0.05, 0) is 62.6 Å². The molecule has 30 heavy (non-hydrogen) atoms. The molecule has 0 fully saturated rings. The summed E-state index contributed by atoms with van der Waals surface area (Å²) in [5.74, 6) is 0.630. The number of para-hydroxylation sites is 1. The summed E-state index contributed by atoms with van der Waals surface area (Å²) in [5.41, 5.74) is 3.71. The molecule has 0 radical (unpaired) electrons. The summed E-state index contributed by atoms with van der Waals surface area (Å²) >= 11 is 6.01. The van der Waals surface area contributed by atoms with Gasteiger partial charge in [-0.3, -0.25) is 9.69 Å². The molecule has 2 aromatic rings. The molecule has 5 nitrogen and oxygen atoms in total. The van der Waals surface area contributed by atoms with Crippen LogP contribution in [0.3, 0.4) is 0 Å². The van der Waals surface area contributed by atoms with Crippen molar-refractivity contribution in [2.45, 2.75) is 26.2 Å². The fourth-order valence-electron chi connectivity index (χ4n) is 3.88. The Morgan fingerprint density at radius 3 is 2.73 bits per heavy atom. The predicted molar refractivity (Wildman–Crippen MR) is 119 cm³/mol. The third kappa shape index (κ3) is 4.74. The van der Waals surface area contributed by atoms with Gasteiger partial charge in [0.05, 0.1) is 17.0 Å². The molecule has 0 unspecified atom stereocenters. The van der Waals surface area contributed by atoms with E-state index in [1.54, 1.807) is 12.3 Å². The fourth-order valence-corrected chi connectivity index (χ4v) is 4.05. The number of rotatable bonds is 6. The number of fused-ring (bicyclic) bond motifs is 1. The third-order valence-electron chi connectivity index (χ3n) is 5.59. The Hall–Kier alpha value is -2.63. The molecule has 0 saturated heterocycles. The number of nitrogens with zero attached hydrogens (tertiary/aromatic N) is 3. The average molecular weight is 424 g/mol. The number of pyridine rings is 1. The number of hydrogen-bond donors (Lipinski definition) is 0. The lowest BCUT2D eigenvalue weighted by molar-refractivity contribution is 0.0804. The second-order valence-corrected chi connectivity index (χ2v) is 8.05. The Labute approximate surface area is 182 Å². The number of aromatic nitrogens is 1. The molecule has 2 aliphatic heterocycles. The van der Waals surface area contributed by atoms with Crippen molar-refractivity contribution in [2.24, 2.45) is 0 Å². The molecule has 1 amide bonds. The van der Waals surface area contributed by atoms with Crippen molar-refractivity contribution in [3.63, 3.8) is 0 Å². The van der Waals surface area contributed by atoms with E-state index in [0.29, 0.717) is 23.0 Å². The van der Waals surface area contributed by atoms with Crippen LogP contribution in [0, 0.1) is 0 Å². The van der Waals surface area contributed by atoms with Crippen LogP contribution in [0.1, 0.15) is 42.2 Å². The van der Waals surface area contributed by atoms with Gasteiger partial charge in [-0.15, -0.1) is 0 Å². The highest BCUT2D eigenvalue weighted by molar-refractivity contribution is 6.29. The summed E-state index contributed by atoms with van der Waals surface area (Å²) in [4.78, 5) is 21.6. The number of unbranched alkanes of at least 4 members (excludes halogenated alkanes) is 1. The van der Waals surface area contributed by atoms with E-state index in [0.717, 1.165) is 50.3 Å². The van der Waals surface area contributed by atoms with Gasteiger partial charge in [0.15, 0.2) is 0 Å². The number of allylic oxidation sites excluding steroid dienone is 1. The zero-order chi connectivity index (χ0) is 20.9. The first kappa shape index (κ1) is 20.6. The number of hydrogen-bond acceptors (Lipinski definition) is 4. The Kier molecular flexibility index (Phi) is 6.50. The van der Waals surface area contributed by atoms with E-state index in [4.69, 9.17) is 16.3 Å². The quantitative estimate of drug-likeness (QED) is 0.484. The molecule has 0 aliphatic carbocycles. The maximum Gasteiger partial charge on any atom is 0.261 e. The van der Waals surface area contributed by atoms with Gasteiger partial charge in [0.1, 0.15) is 17.2 Å². The minimum Gasteiger partial charge on any atom is -0.462 e. The van der Waals surface area contributed by atoms with Crippen LogP contribution in [0.4, 0.5) is 0 Å². The molecule has 2 aliphatic rings. The van der Waals surface area contributed by atoms with Gasteiger partial charge < -0.3 is 9.64 Å². The number of ether oxygens (including phenoxy) is 1. The standard InChI is InChI=1S/C24H26ClN3O2/c1-18-17-30-22-9-3-2-7-20(22)24(29)28(18)14-5-4-13-27-15-11-19(12-16-27)21-8-6-10-23(25)26-21/h2-3,6-11,17H,4-5,12-16H2,1H3. The van der Waals surface area contributed by atoms with Crippen molar-refractivity contribution in [2.75, 3.05) is 26.2 Å². The normalized spacial score (nSPS) is 17.0. The Balaban J connectivity index is 1.27. The zero-order valence-electron chi connectivity index (χ0n) is 17.2. The van der Waals surface area contributed by atoms with Gasteiger partial charge in [0, 0.05) is 19.6 Å². The number of halogens is 1. The van der Waals surface area contributed by atoms with Crippen LogP contribution >= 0.6 is 11.6 Å². The summed E-state index contributed by atoms with van der Waals surface area (Å²) in [5, 5.41) is 0.538. The van der Waals surface area contributed by atoms with E-state index in [9.17, 15) is 4.79 Å². The summed E-state index contributed by atoms with van der Waals surface area (Å²) in [7, 11) is 0. The second-order valence-electron chi connectivity index (χ2n) is 7.66. The molecule has 3 heterocycles. The lowest BCUT2D eigenvalue weighted by atomic mass is 10.0. The Bertz CT molecular complexity index is 986. The monoisotopic (exact) mass is 423 g/mol. The first-order chi connectivity index (χ1) is 14.6. The summed E-state index contributed by atoms with van der Waals surface area (Å²) in [6.07, 6.45) is 6.89. The van der Waals surface area contributed by atoms with Gasteiger partial charge >= 0.3 is 0 Å². The van der Waals surface area contributed by atoms with Crippen LogP contribution in [-0.4, -0.2) is 46.9 Å². The van der Waals surface area contributed by atoms with E-state index in [1.807, 2.05) is 48.2 Å².